The third-order valence-corrected chi connectivity index (χ3v) is 7.94. The summed E-state index contributed by atoms with van der Waals surface area (Å²) in [7, 11) is 0. The highest BCUT2D eigenvalue weighted by molar-refractivity contribution is 5.90. The molecule has 2 fully saturated rings. The van der Waals surface area contributed by atoms with E-state index >= 15 is 0 Å². The first kappa shape index (κ1) is 30.0. The van der Waals surface area contributed by atoms with Crippen molar-refractivity contribution in [2.45, 2.75) is 38.9 Å². The Morgan fingerprint density at radius 2 is 1.98 bits per heavy atom. The van der Waals surface area contributed by atoms with E-state index in [2.05, 4.69) is 27.6 Å². The topological polar surface area (TPSA) is 114 Å². The van der Waals surface area contributed by atoms with Crippen molar-refractivity contribution in [2.24, 2.45) is 0 Å². The standard InChI is InChI=1S/C29H32F3N9O2/c1-4-23(42)40-15-14-38(17-20(40)10-11-33)26-21-16-34-41(22-9-6-8-19(3)24(22)29(30,31)32)27(43)25(21)35-28(36-26)39-13-7-12-37(5-2)18-39/h4,6,8-9,16,20H,1,5,7,10,12-15,17-18H2,2-3H3. The van der Waals surface area contributed by atoms with E-state index in [-0.39, 0.29) is 53.5 Å². The van der Waals surface area contributed by atoms with Gasteiger partial charge in [-0.15, -0.1) is 0 Å². The van der Waals surface area contributed by atoms with E-state index in [0.29, 0.717) is 25.6 Å². The Hall–Kier alpha value is -4.51. The number of halogens is 3. The van der Waals surface area contributed by atoms with E-state index in [1.807, 2.05) is 16.7 Å². The van der Waals surface area contributed by atoms with Gasteiger partial charge in [-0.05, 0) is 37.6 Å². The zero-order chi connectivity index (χ0) is 30.9. The fourth-order valence-electron chi connectivity index (χ4n) is 5.77. The molecular formula is C29H32F3N9O2. The molecule has 1 atom stereocenters. The van der Waals surface area contributed by atoms with E-state index in [0.717, 1.165) is 24.2 Å². The molecule has 11 nitrogen and oxygen atoms in total. The molecule has 0 spiro atoms. The summed E-state index contributed by atoms with van der Waals surface area (Å²) in [5.74, 6) is 0.362. The quantitative estimate of drug-likeness (QED) is 0.397. The molecule has 1 unspecified atom stereocenters. The van der Waals surface area contributed by atoms with Crippen molar-refractivity contribution in [1.29, 1.82) is 5.26 Å². The number of nitriles is 1. The first-order valence-corrected chi connectivity index (χ1v) is 14.1. The summed E-state index contributed by atoms with van der Waals surface area (Å²) >= 11 is 0. The van der Waals surface area contributed by atoms with Gasteiger partial charge in [-0.3, -0.25) is 14.5 Å². The van der Waals surface area contributed by atoms with Gasteiger partial charge in [-0.25, -0.2) is 4.98 Å². The molecule has 43 heavy (non-hydrogen) atoms. The number of alkyl halides is 3. The van der Waals surface area contributed by atoms with Crippen LogP contribution in [-0.4, -0.2) is 87.4 Å². The van der Waals surface area contributed by atoms with Gasteiger partial charge >= 0.3 is 6.18 Å². The number of aryl methyl sites for hydroxylation is 1. The summed E-state index contributed by atoms with van der Waals surface area (Å²) in [6.45, 7) is 10.7. The van der Waals surface area contributed by atoms with Crippen LogP contribution in [-0.2, 0) is 11.0 Å². The van der Waals surface area contributed by atoms with Gasteiger partial charge < -0.3 is 14.7 Å². The molecule has 1 amide bonds. The number of aromatic nitrogens is 4. The highest BCUT2D eigenvalue weighted by Crippen LogP contribution is 2.36. The van der Waals surface area contributed by atoms with Gasteiger partial charge in [0.2, 0.25) is 11.9 Å². The van der Waals surface area contributed by atoms with Crippen LogP contribution in [0.15, 0.2) is 41.8 Å². The molecule has 4 heterocycles. The SMILES string of the molecule is C=CC(=O)N1CCN(c2nc(N3CCCN(CC)C3)nc3c(=O)n(-c4cccc(C)c4C(F)(F)F)ncc23)CC1CC#N. The van der Waals surface area contributed by atoms with Gasteiger partial charge in [0.05, 0.1) is 48.0 Å². The minimum Gasteiger partial charge on any atom is -0.352 e. The summed E-state index contributed by atoms with van der Waals surface area (Å²) < 4.78 is 43.0. The van der Waals surface area contributed by atoms with Crippen molar-refractivity contribution in [1.82, 2.24) is 29.5 Å². The van der Waals surface area contributed by atoms with Crippen LogP contribution < -0.4 is 15.4 Å². The summed E-state index contributed by atoms with van der Waals surface area (Å²) in [6.07, 6.45) is -1.28. The molecule has 2 aliphatic rings. The third-order valence-electron chi connectivity index (χ3n) is 7.94. The lowest BCUT2D eigenvalue weighted by Crippen LogP contribution is -2.55. The van der Waals surface area contributed by atoms with Crippen molar-refractivity contribution >= 4 is 28.6 Å². The minimum absolute atomic E-state index is 0.0358. The maximum atomic E-state index is 14.1. The molecule has 2 aliphatic heterocycles. The zero-order valence-electron chi connectivity index (χ0n) is 24.0. The van der Waals surface area contributed by atoms with E-state index < -0.39 is 23.3 Å². The Balaban J connectivity index is 1.68. The normalized spacial score (nSPS) is 18.1. The number of amides is 1. The average molecular weight is 596 g/mol. The number of anilines is 2. The Labute approximate surface area is 246 Å². The lowest BCUT2D eigenvalue weighted by atomic mass is 10.1. The maximum absolute atomic E-state index is 14.1. The van der Waals surface area contributed by atoms with E-state index in [9.17, 15) is 28.0 Å². The summed E-state index contributed by atoms with van der Waals surface area (Å²) in [5.41, 5.74) is -2.25. The molecule has 0 bridgehead atoms. The lowest BCUT2D eigenvalue weighted by Gasteiger charge is -2.41. The van der Waals surface area contributed by atoms with Crippen molar-refractivity contribution < 1.29 is 18.0 Å². The number of hydrogen-bond donors (Lipinski definition) is 0. The first-order valence-electron chi connectivity index (χ1n) is 14.1. The number of carbonyl (C=O) groups is 1. The van der Waals surface area contributed by atoms with Gasteiger partial charge in [0.1, 0.15) is 11.3 Å². The van der Waals surface area contributed by atoms with Crippen LogP contribution in [0.4, 0.5) is 24.9 Å². The molecule has 5 rings (SSSR count). The number of fused-ring (bicyclic) bond motifs is 1. The third kappa shape index (κ3) is 5.77. The smallest absolute Gasteiger partial charge is 0.352 e. The molecule has 3 aromatic rings. The van der Waals surface area contributed by atoms with Crippen molar-refractivity contribution in [3.05, 3.63) is 58.5 Å². The van der Waals surface area contributed by atoms with Gasteiger partial charge in [-0.2, -0.15) is 33.2 Å². The number of hydrogen-bond acceptors (Lipinski definition) is 9. The van der Waals surface area contributed by atoms with Crippen LogP contribution in [0, 0.1) is 18.3 Å². The van der Waals surface area contributed by atoms with Crippen LogP contribution in [0.3, 0.4) is 0 Å². The molecule has 0 N–H and O–H groups in total. The molecule has 2 saturated heterocycles. The van der Waals surface area contributed by atoms with E-state index in [4.69, 9.17) is 4.98 Å². The molecule has 14 heteroatoms. The second-order valence-electron chi connectivity index (χ2n) is 10.6. The number of carbonyl (C=O) groups excluding carboxylic acids is 1. The predicted molar refractivity (Wildman–Crippen MR) is 155 cm³/mol. The van der Waals surface area contributed by atoms with Crippen molar-refractivity contribution in [3.63, 3.8) is 0 Å². The highest BCUT2D eigenvalue weighted by atomic mass is 19.4. The second kappa shape index (κ2) is 12.0. The van der Waals surface area contributed by atoms with Gasteiger partial charge in [0.15, 0.2) is 0 Å². The van der Waals surface area contributed by atoms with E-state index in [1.165, 1.54) is 37.4 Å². The predicted octanol–water partition coefficient (Wildman–Crippen LogP) is 3.11. The Bertz CT molecular complexity index is 1650. The highest BCUT2D eigenvalue weighted by Gasteiger charge is 2.37. The fraction of sp³-hybridized carbons (Fsp3) is 0.448. The Morgan fingerprint density at radius 1 is 1.19 bits per heavy atom. The molecule has 226 valence electrons. The van der Waals surface area contributed by atoms with Gasteiger partial charge in [0.25, 0.3) is 5.56 Å². The number of piperazine rings is 1. The number of rotatable bonds is 6. The van der Waals surface area contributed by atoms with Crippen molar-refractivity contribution in [2.75, 3.05) is 55.7 Å². The van der Waals surface area contributed by atoms with Crippen LogP contribution >= 0.6 is 0 Å². The van der Waals surface area contributed by atoms with E-state index in [1.54, 1.807) is 4.90 Å². The average Bonchev–Trinajstić information content (AvgIpc) is 3.00. The summed E-state index contributed by atoms with van der Waals surface area (Å²) in [6, 6.07) is 5.66. The molecule has 1 aromatic carbocycles. The van der Waals surface area contributed by atoms with Crippen LogP contribution in [0.25, 0.3) is 16.6 Å². The number of benzene rings is 1. The maximum Gasteiger partial charge on any atom is 0.418 e. The largest absolute Gasteiger partial charge is 0.418 e. The van der Waals surface area contributed by atoms with Crippen LogP contribution in [0.2, 0.25) is 0 Å². The number of nitrogens with zero attached hydrogens (tertiary/aromatic N) is 9. The van der Waals surface area contributed by atoms with Crippen LogP contribution in [0.1, 0.15) is 30.9 Å². The molecule has 2 aromatic heterocycles. The molecule has 0 saturated carbocycles. The van der Waals surface area contributed by atoms with Gasteiger partial charge in [0, 0.05) is 32.7 Å². The monoisotopic (exact) mass is 595 g/mol. The second-order valence-corrected chi connectivity index (χ2v) is 10.6. The Kier molecular flexibility index (Phi) is 8.36. The fourth-order valence-corrected chi connectivity index (χ4v) is 5.77. The molecular weight excluding hydrogens is 563 g/mol. The van der Waals surface area contributed by atoms with Crippen LogP contribution in [0.5, 0.6) is 0 Å². The first-order chi connectivity index (χ1) is 20.6. The Morgan fingerprint density at radius 3 is 2.67 bits per heavy atom. The van der Waals surface area contributed by atoms with Crippen molar-refractivity contribution in [3.8, 4) is 11.8 Å². The molecule has 0 radical (unpaired) electrons. The molecule has 0 aliphatic carbocycles. The summed E-state index contributed by atoms with van der Waals surface area (Å²) in [4.78, 5) is 43.5. The minimum atomic E-state index is -4.71. The zero-order valence-corrected chi connectivity index (χ0v) is 24.0. The summed E-state index contributed by atoms with van der Waals surface area (Å²) in [5, 5.41) is 13.9. The lowest BCUT2D eigenvalue weighted by molar-refractivity contribution is -0.138. The van der Waals surface area contributed by atoms with Gasteiger partial charge in [-0.1, -0.05) is 25.6 Å².